The molecule has 1 amide bonds. The highest BCUT2D eigenvalue weighted by atomic mass is 16.4. The molecule has 0 saturated heterocycles. The summed E-state index contributed by atoms with van der Waals surface area (Å²) in [4.78, 5) is 26.4. The number of hydrogen-bond acceptors (Lipinski definition) is 4. The Morgan fingerprint density at radius 3 is 2.84 bits per heavy atom. The van der Waals surface area contributed by atoms with Crippen LogP contribution in [0.2, 0.25) is 0 Å². The number of aromatic carboxylic acids is 1. The van der Waals surface area contributed by atoms with Crippen molar-refractivity contribution in [2.75, 3.05) is 11.9 Å². The maximum Gasteiger partial charge on any atom is 0.339 e. The molecule has 0 saturated carbocycles. The number of pyridine rings is 1. The van der Waals surface area contributed by atoms with Crippen molar-refractivity contribution in [1.29, 1.82) is 0 Å². The zero-order chi connectivity index (χ0) is 14.3. The van der Waals surface area contributed by atoms with Crippen molar-refractivity contribution in [3.05, 3.63) is 23.9 Å². The second kappa shape index (κ2) is 7.35. The van der Waals surface area contributed by atoms with Crippen molar-refractivity contribution < 1.29 is 14.7 Å². The van der Waals surface area contributed by atoms with Crippen LogP contribution in [-0.2, 0) is 4.79 Å². The van der Waals surface area contributed by atoms with Gasteiger partial charge in [0.1, 0.15) is 11.4 Å². The Morgan fingerprint density at radius 2 is 2.21 bits per heavy atom. The van der Waals surface area contributed by atoms with Crippen molar-refractivity contribution in [3.8, 4) is 0 Å². The minimum atomic E-state index is -1.04. The third-order valence-corrected chi connectivity index (χ3v) is 2.70. The molecule has 1 atom stereocenters. The zero-order valence-corrected chi connectivity index (χ0v) is 11.1. The van der Waals surface area contributed by atoms with Crippen LogP contribution >= 0.6 is 0 Å². The summed E-state index contributed by atoms with van der Waals surface area (Å²) in [6, 6.07) is 3.18. The van der Waals surface area contributed by atoms with E-state index in [0.717, 1.165) is 6.42 Å². The van der Waals surface area contributed by atoms with Crippen molar-refractivity contribution >= 4 is 17.7 Å². The molecule has 3 N–H and O–H groups in total. The maximum atomic E-state index is 11.5. The Bertz CT molecular complexity index is 449. The molecule has 0 aliphatic heterocycles. The fraction of sp³-hybridized carbons (Fsp3) is 0.462. The van der Waals surface area contributed by atoms with Crippen LogP contribution in [0.5, 0.6) is 0 Å². The molecule has 0 aliphatic carbocycles. The number of nitrogens with one attached hydrogen (secondary N) is 2. The van der Waals surface area contributed by atoms with Gasteiger partial charge in [0.05, 0.1) is 0 Å². The lowest BCUT2D eigenvalue weighted by Gasteiger charge is -2.12. The largest absolute Gasteiger partial charge is 0.478 e. The number of anilines is 1. The lowest BCUT2D eigenvalue weighted by atomic mass is 10.2. The highest BCUT2D eigenvalue weighted by Crippen LogP contribution is 2.10. The second-order valence-corrected chi connectivity index (χ2v) is 4.26. The van der Waals surface area contributed by atoms with E-state index in [4.69, 9.17) is 5.11 Å². The summed E-state index contributed by atoms with van der Waals surface area (Å²) in [6.07, 6.45) is 2.66. The molecule has 0 aliphatic rings. The van der Waals surface area contributed by atoms with Crippen molar-refractivity contribution in [3.63, 3.8) is 0 Å². The van der Waals surface area contributed by atoms with Gasteiger partial charge in [0.25, 0.3) is 0 Å². The quantitative estimate of drug-likeness (QED) is 0.695. The standard InChI is InChI=1S/C13H19N3O3/c1-3-9(2)16-11(17)6-8-15-12-10(13(18)19)5-4-7-14-12/h4-5,7,9H,3,6,8H2,1-2H3,(H,14,15)(H,16,17)(H,18,19). The fourth-order valence-corrected chi connectivity index (χ4v) is 1.46. The zero-order valence-electron chi connectivity index (χ0n) is 11.1. The Labute approximate surface area is 112 Å². The van der Waals surface area contributed by atoms with E-state index in [-0.39, 0.29) is 29.8 Å². The van der Waals surface area contributed by atoms with E-state index in [2.05, 4.69) is 15.6 Å². The summed E-state index contributed by atoms with van der Waals surface area (Å²) >= 11 is 0. The monoisotopic (exact) mass is 265 g/mol. The predicted molar refractivity (Wildman–Crippen MR) is 72.2 cm³/mol. The van der Waals surface area contributed by atoms with Crippen LogP contribution in [0.4, 0.5) is 5.82 Å². The van der Waals surface area contributed by atoms with Gasteiger partial charge in [-0.3, -0.25) is 4.79 Å². The molecule has 1 unspecified atom stereocenters. The number of hydrogen-bond donors (Lipinski definition) is 3. The molecule has 1 heterocycles. The van der Waals surface area contributed by atoms with Crippen LogP contribution in [0.25, 0.3) is 0 Å². The maximum absolute atomic E-state index is 11.5. The van der Waals surface area contributed by atoms with E-state index < -0.39 is 5.97 Å². The summed E-state index contributed by atoms with van der Waals surface area (Å²) in [5.74, 6) is -0.819. The normalized spacial score (nSPS) is 11.7. The Kier molecular flexibility index (Phi) is 5.78. The summed E-state index contributed by atoms with van der Waals surface area (Å²) < 4.78 is 0. The first-order valence-corrected chi connectivity index (χ1v) is 6.26. The first-order valence-electron chi connectivity index (χ1n) is 6.26. The minimum Gasteiger partial charge on any atom is -0.478 e. The van der Waals surface area contributed by atoms with Gasteiger partial charge < -0.3 is 15.7 Å². The van der Waals surface area contributed by atoms with E-state index in [1.54, 1.807) is 6.07 Å². The van der Waals surface area contributed by atoms with Crippen molar-refractivity contribution in [2.24, 2.45) is 0 Å². The Balaban J connectivity index is 2.45. The van der Waals surface area contributed by atoms with Gasteiger partial charge in [-0.1, -0.05) is 6.92 Å². The van der Waals surface area contributed by atoms with Gasteiger partial charge >= 0.3 is 5.97 Å². The molecule has 0 bridgehead atoms. The molecule has 6 heteroatoms. The van der Waals surface area contributed by atoms with Crippen LogP contribution in [0.15, 0.2) is 18.3 Å². The number of aromatic nitrogens is 1. The smallest absolute Gasteiger partial charge is 0.339 e. The highest BCUT2D eigenvalue weighted by Gasteiger charge is 2.10. The number of carboxylic acid groups (broad SMARTS) is 1. The molecule has 6 nitrogen and oxygen atoms in total. The van der Waals surface area contributed by atoms with Crippen molar-refractivity contribution in [2.45, 2.75) is 32.7 Å². The Morgan fingerprint density at radius 1 is 1.47 bits per heavy atom. The lowest BCUT2D eigenvalue weighted by molar-refractivity contribution is -0.121. The van der Waals surface area contributed by atoms with Crippen LogP contribution < -0.4 is 10.6 Å². The van der Waals surface area contributed by atoms with Crippen LogP contribution in [0.3, 0.4) is 0 Å². The molecule has 19 heavy (non-hydrogen) atoms. The van der Waals surface area contributed by atoms with E-state index >= 15 is 0 Å². The average Bonchev–Trinajstić information content (AvgIpc) is 2.38. The number of carbonyl (C=O) groups excluding carboxylic acids is 1. The minimum absolute atomic E-state index is 0.0605. The Hall–Kier alpha value is -2.11. The van der Waals surface area contributed by atoms with E-state index in [0.29, 0.717) is 6.54 Å². The summed E-state index contributed by atoms with van der Waals surface area (Å²) in [5.41, 5.74) is 0.102. The summed E-state index contributed by atoms with van der Waals surface area (Å²) in [6.45, 7) is 4.28. The van der Waals surface area contributed by atoms with Crippen LogP contribution in [-0.4, -0.2) is 34.6 Å². The molecule has 0 fully saturated rings. The molecule has 0 aromatic carbocycles. The second-order valence-electron chi connectivity index (χ2n) is 4.26. The first kappa shape index (κ1) is 14.9. The molecule has 0 radical (unpaired) electrons. The van der Waals surface area contributed by atoms with Gasteiger partial charge in [0, 0.05) is 25.2 Å². The number of carbonyl (C=O) groups is 2. The van der Waals surface area contributed by atoms with Crippen molar-refractivity contribution in [1.82, 2.24) is 10.3 Å². The molecule has 0 spiro atoms. The summed E-state index contributed by atoms with van der Waals surface area (Å²) in [5, 5.41) is 14.7. The van der Waals surface area contributed by atoms with E-state index in [1.165, 1.54) is 12.3 Å². The summed E-state index contributed by atoms with van der Waals surface area (Å²) in [7, 11) is 0. The third-order valence-electron chi connectivity index (χ3n) is 2.70. The number of nitrogens with zero attached hydrogens (tertiary/aromatic N) is 1. The molecule has 1 rings (SSSR count). The van der Waals surface area contributed by atoms with Gasteiger partial charge in [0.15, 0.2) is 0 Å². The highest BCUT2D eigenvalue weighted by molar-refractivity contribution is 5.93. The van der Waals surface area contributed by atoms with Gasteiger partial charge in [-0.05, 0) is 25.5 Å². The molecule has 104 valence electrons. The SMILES string of the molecule is CCC(C)NC(=O)CCNc1ncccc1C(=O)O. The topological polar surface area (TPSA) is 91.3 Å². The van der Waals surface area contributed by atoms with Crippen LogP contribution in [0.1, 0.15) is 37.0 Å². The molecular weight excluding hydrogens is 246 g/mol. The van der Waals surface area contributed by atoms with E-state index in [9.17, 15) is 9.59 Å². The average molecular weight is 265 g/mol. The number of rotatable bonds is 7. The first-order chi connectivity index (χ1) is 9.04. The van der Waals surface area contributed by atoms with Gasteiger partial charge in [-0.2, -0.15) is 0 Å². The molecular formula is C13H19N3O3. The van der Waals surface area contributed by atoms with Gasteiger partial charge in [0.2, 0.25) is 5.91 Å². The third kappa shape index (κ3) is 4.95. The predicted octanol–water partition coefficient (Wildman–Crippen LogP) is 1.50. The fourth-order valence-electron chi connectivity index (χ4n) is 1.46. The van der Waals surface area contributed by atoms with Gasteiger partial charge in [-0.25, -0.2) is 9.78 Å². The lowest BCUT2D eigenvalue weighted by Crippen LogP contribution is -2.33. The van der Waals surface area contributed by atoms with Crippen LogP contribution in [0, 0.1) is 0 Å². The molecule has 1 aromatic heterocycles. The van der Waals surface area contributed by atoms with E-state index in [1.807, 2.05) is 13.8 Å². The molecule has 1 aromatic rings. The van der Waals surface area contributed by atoms with Gasteiger partial charge in [-0.15, -0.1) is 0 Å². The number of amides is 1. The number of carboxylic acids is 1.